The van der Waals surface area contributed by atoms with Crippen LogP contribution in [0.3, 0.4) is 0 Å². The highest BCUT2D eigenvalue weighted by molar-refractivity contribution is 5.15. The van der Waals surface area contributed by atoms with E-state index in [1.165, 1.54) is 0 Å². The minimum atomic E-state index is -0.438. The van der Waals surface area contributed by atoms with Gasteiger partial charge in [0.2, 0.25) is 0 Å². The summed E-state index contributed by atoms with van der Waals surface area (Å²) in [6.07, 6.45) is 4.55. The number of rotatable bonds is 3. The van der Waals surface area contributed by atoms with Crippen LogP contribution in [0.4, 0.5) is 0 Å². The van der Waals surface area contributed by atoms with E-state index in [1.54, 1.807) is 6.08 Å². The molecule has 15 heavy (non-hydrogen) atoms. The standard InChI is InChI=1S/C13H22O2/c1-4-5-10(14)13-7-6-9(8-11(13)15)12(13,2)3/h4,9-11,14-15H,1,5-8H2,2-3H3/t9-,10+,11+,13-/m1/s1. The lowest BCUT2D eigenvalue weighted by Gasteiger charge is -2.44. The van der Waals surface area contributed by atoms with Crippen molar-refractivity contribution < 1.29 is 10.2 Å². The van der Waals surface area contributed by atoms with Crippen molar-refractivity contribution in [3.63, 3.8) is 0 Å². The van der Waals surface area contributed by atoms with Gasteiger partial charge in [-0.1, -0.05) is 19.9 Å². The molecule has 2 N–H and O–H groups in total. The fourth-order valence-corrected chi connectivity index (χ4v) is 4.15. The maximum Gasteiger partial charge on any atom is 0.0660 e. The minimum absolute atomic E-state index is 0.0643. The molecule has 0 aromatic carbocycles. The zero-order valence-corrected chi connectivity index (χ0v) is 9.74. The van der Waals surface area contributed by atoms with Crippen molar-refractivity contribution in [1.82, 2.24) is 0 Å². The second kappa shape index (κ2) is 3.33. The van der Waals surface area contributed by atoms with Crippen molar-refractivity contribution in [1.29, 1.82) is 0 Å². The van der Waals surface area contributed by atoms with Gasteiger partial charge in [-0.3, -0.25) is 0 Å². The molecule has 2 saturated carbocycles. The van der Waals surface area contributed by atoms with Gasteiger partial charge in [0, 0.05) is 5.41 Å². The SMILES string of the molecule is C=CC[C@H](O)[C@]12CC[C@H](C[C@@H]1O)C2(C)C. The topological polar surface area (TPSA) is 40.5 Å². The predicted molar refractivity (Wildman–Crippen MR) is 60.4 cm³/mol. The predicted octanol–water partition coefficient (Wildman–Crippen LogP) is 2.11. The zero-order valence-electron chi connectivity index (χ0n) is 9.74. The second-order valence-electron chi connectivity index (χ2n) is 5.79. The van der Waals surface area contributed by atoms with Crippen molar-refractivity contribution in [2.75, 3.05) is 0 Å². The summed E-state index contributed by atoms with van der Waals surface area (Å²) in [5.74, 6) is 0.576. The van der Waals surface area contributed by atoms with Gasteiger partial charge in [-0.2, -0.15) is 0 Å². The second-order valence-corrected chi connectivity index (χ2v) is 5.79. The molecule has 0 heterocycles. The van der Waals surface area contributed by atoms with Crippen LogP contribution in [0.1, 0.15) is 39.5 Å². The van der Waals surface area contributed by atoms with Gasteiger partial charge in [-0.25, -0.2) is 0 Å². The minimum Gasteiger partial charge on any atom is -0.392 e. The van der Waals surface area contributed by atoms with E-state index < -0.39 is 6.10 Å². The van der Waals surface area contributed by atoms with E-state index >= 15 is 0 Å². The molecule has 2 fully saturated rings. The Morgan fingerprint density at radius 3 is 2.60 bits per heavy atom. The Morgan fingerprint density at radius 2 is 2.20 bits per heavy atom. The average molecular weight is 210 g/mol. The van der Waals surface area contributed by atoms with Crippen molar-refractivity contribution in [3.8, 4) is 0 Å². The first-order valence-corrected chi connectivity index (χ1v) is 5.94. The molecule has 2 nitrogen and oxygen atoms in total. The number of hydrogen-bond acceptors (Lipinski definition) is 2. The summed E-state index contributed by atoms with van der Waals surface area (Å²) in [4.78, 5) is 0. The number of aliphatic hydroxyl groups excluding tert-OH is 2. The summed E-state index contributed by atoms with van der Waals surface area (Å²) in [6, 6.07) is 0. The lowest BCUT2D eigenvalue weighted by Crippen LogP contribution is -2.48. The van der Waals surface area contributed by atoms with Crippen LogP contribution in [0.2, 0.25) is 0 Å². The molecule has 0 aliphatic heterocycles. The van der Waals surface area contributed by atoms with Crippen LogP contribution >= 0.6 is 0 Å². The van der Waals surface area contributed by atoms with Crippen LogP contribution < -0.4 is 0 Å². The average Bonchev–Trinajstić information content (AvgIpc) is 2.51. The van der Waals surface area contributed by atoms with Gasteiger partial charge < -0.3 is 10.2 Å². The van der Waals surface area contributed by atoms with Crippen LogP contribution in [0.25, 0.3) is 0 Å². The van der Waals surface area contributed by atoms with Crippen LogP contribution in [0.15, 0.2) is 12.7 Å². The molecule has 0 saturated heterocycles. The Kier molecular flexibility index (Phi) is 2.47. The molecule has 0 spiro atoms. The Balaban J connectivity index is 2.34. The van der Waals surface area contributed by atoms with Gasteiger partial charge in [0.05, 0.1) is 12.2 Å². The monoisotopic (exact) mass is 210 g/mol. The van der Waals surface area contributed by atoms with E-state index in [9.17, 15) is 10.2 Å². The number of aliphatic hydroxyl groups is 2. The Bertz CT molecular complexity index is 272. The van der Waals surface area contributed by atoms with Gasteiger partial charge in [0.15, 0.2) is 0 Å². The molecule has 2 aliphatic rings. The van der Waals surface area contributed by atoms with Crippen molar-refractivity contribution in [3.05, 3.63) is 12.7 Å². The summed E-state index contributed by atoms with van der Waals surface area (Å²) in [6.45, 7) is 8.09. The fraction of sp³-hybridized carbons (Fsp3) is 0.846. The maximum absolute atomic E-state index is 10.3. The van der Waals surface area contributed by atoms with Gasteiger partial charge >= 0.3 is 0 Å². The van der Waals surface area contributed by atoms with Crippen LogP contribution in [0.5, 0.6) is 0 Å². The highest BCUT2D eigenvalue weighted by Crippen LogP contribution is 2.67. The maximum atomic E-state index is 10.3. The smallest absolute Gasteiger partial charge is 0.0660 e. The molecule has 2 aliphatic carbocycles. The zero-order chi connectivity index (χ0) is 11.3. The number of hydrogen-bond donors (Lipinski definition) is 2. The molecule has 2 rings (SSSR count). The molecule has 0 aromatic heterocycles. The van der Waals surface area contributed by atoms with Crippen molar-refractivity contribution in [2.24, 2.45) is 16.7 Å². The summed E-state index contributed by atoms with van der Waals surface area (Å²) < 4.78 is 0. The first-order valence-electron chi connectivity index (χ1n) is 5.94. The summed E-state index contributed by atoms with van der Waals surface area (Å²) in [7, 11) is 0. The molecule has 2 bridgehead atoms. The first kappa shape index (κ1) is 11.2. The fourth-order valence-electron chi connectivity index (χ4n) is 4.15. The summed E-state index contributed by atoms with van der Waals surface area (Å²) >= 11 is 0. The van der Waals surface area contributed by atoms with E-state index in [0.29, 0.717) is 12.3 Å². The third-order valence-corrected chi connectivity index (χ3v) is 5.21. The lowest BCUT2D eigenvalue weighted by atomic mass is 9.64. The lowest BCUT2D eigenvalue weighted by molar-refractivity contribution is -0.0959. The third-order valence-electron chi connectivity index (χ3n) is 5.21. The molecule has 4 atom stereocenters. The molecule has 0 aromatic rings. The third kappa shape index (κ3) is 1.18. The van der Waals surface area contributed by atoms with Gasteiger partial charge in [-0.15, -0.1) is 6.58 Å². The largest absolute Gasteiger partial charge is 0.392 e. The number of fused-ring (bicyclic) bond motifs is 2. The van der Waals surface area contributed by atoms with E-state index in [-0.39, 0.29) is 16.9 Å². The Labute approximate surface area is 92.0 Å². The molecular weight excluding hydrogens is 188 g/mol. The van der Waals surface area contributed by atoms with E-state index in [4.69, 9.17) is 0 Å². The highest BCUT2D eigenvalue weighted by atomic mass is 16.3. The molecule has 0 radical (unpaired) electrons. The van der Waals surface area contributed by atoms with Gasteiger partial charge in [0.25, 0.3) is 0 Å². The Hall–Kier alpha value is -0.340. The van der Waals surface area contributed by atoms with E-state index in [0.717, 1.165) is 19.3 Å². The van der Waals surface area contributed by atoms with Crippen molar-refractivity contribution >= 4 is 0 Å². The van der Waals surface area contributed by atoms with Crippen LogP contribution in [-0.4, -0.2) is 22.4 Å². The van der Waals surface area contributed by atoms with Gasteiger partial charge in [-0.05, 0) is 37.0 Å². The van der Waals surface area contributed by atoms with Gasteiger partial charge in [0.1, 0.15) is 0 Å². The van der Waals surface area contributed by atoms with E-state index in [2.05, 4.69) is 20.4 Å². The van der Waals surface area contributed by atoms with E-state index in [1.807, 2.05) is 0 Å². The van der Waals surface area contributed by atoms with Crippen LogP contribution in [-0.2, 0) is 0 Å². The normalized spacial score (nSPS) is 44.3. The molecule has 2 heteroatoms. The highest BCUT2D eigenvalue weighted by Gasteiger charge is 2.66. The molecular formula is C13H22O2. The summed E-state index contributed by atoms with van der Waals surface area (Å²) in [5.41, 5.74) is -0.222. The molecule has 0 amide bonds. The first-order chi connectivity index (χ1) is 6.96. The molecule has 0 unspecified atom stereocenters. The van der Waals surface area contributed by atoms with Crippen molar-refractivity contribution in [2.45, 2.75) is 51.7 Å². The molecule has 86 valence electrons. The van der Waals surface area contributed by atoms with Crippen LogP contribution in [0, 0.1) is 16.7 Å². The summed E-state index contributed by atoms with van der Waals surface area (Å²) in [5, 5.41) is 20.5. The Morgan fingerprint density at radius 1 is 1.53 bits per heavy atom. The quantitative estimate of drug-likeness (QED) is 0.700.